The van der Waals surface area contributed by atoms with Crippen molar-refractivity contribution in [3.8, 4) is 11.5 Å². The lowest BCUT2D eigenvalue weighted by Gasteiger charge is -2.13. The maximum atomic E-state index is 13.1. The fraction of sp³-hybridized carbons (Fsp3) is 0.235. The monoisotopic (exact) mass is 304 g/mol. The molecule has 4 nitrogen and oxygen atoms in total. The van der Waals surface area contributed by atoms with Gasteiger partial charge in [-0.2, -0.15) is 0 Å². The molecule has 2 aromatic carbocycles. The SMILES string of the molecule is CCOc1cc(C(=O)OC)ccc1OCc1cccc(F)c1. The zero-order chi connectivity index (χ0) is 15.9. The zero-order valence-corrected chi connectivity index (χ0v) is 12.5. The third-order valence-corrected chi connectivity index (χ3v) is 2.95. The standard InChI is InChI=1S/C17H17FO4/c1-3-21-16-10-13(17(19)20-2)7-8-15(16)22-11-12-5-4-6-14(18)9-12/h4-10H,3,11H2,1-2H3. The van der Waals surface area contributed by atoms with E-state index in [0.717, 1.165) is 0 Å². The number of halogens is 1. The van der Waals surface area contributed by atoms with Crippen LogP contribution in [0, 0.1) is 5.82 Å². The second-order valence-corrected chi connectivity index (χ2v) is 4.50. The smallest absolute Gasteiger partial charge is 0.337 e. The van der Waals surface area contributed by atoms with Crippen LogP contribution in [0.4, 0.5) is 4.39 Å². The van der Waals surface area contributed by atoms with Gasteiger partial charge in [-0.25, -0.2) is 9.18 Å². The molecule has 2 rings (SSSR count). The molecule has 0 unspecified atom stereocenters. The number of esters is 1. The summed E-state index contributed by atoms with van der Waals surface area (Å²) in [4.78, 5) is 11.5. The molecular weight excluding hydrogens is 287 g/mol. The Labute approximate surface area is 128 Å². The van der Waals surface area contributed by atoms with Gasteiger partial charge in [0.05, 0.1) is 19.3 Å². The van der Waals surface area contributed by atoms with Gasteiger partial charge in [0, 0.05) is 0 Å². The minimum Gasteiger partial charge on any atom is -0.490 e. The Balaban J connectivity index is 2.17. The van der Waals surface area contributed by atoms with Crippen molar-refractivity contribution in [1.82, 2.24) is 0 Å². The molecule has 0 amide bonds. The molecule has 0 bridgehead atoms. The number of carbonyl (C=O) groups excluding carboxylic acids is 1. The lowest BCUT2D eigenvalue weighted by Crippen LogP contribution is -2.04. The molecule has 5 heteroatoms. The molecule has 0 radical (unpaired) electrons. The summed E-state index contributed by atoms with van der Waals surface area (Å²) < 4.78 is 28.9. The number of ether oxygens (including phenoxy) is 3. The number of benzene rings is 2. The van der Waals surface area contributed by atoms with Crippen molar-refractivity contribution >= 4 is 5.97 Å². The molecule has 0 heterocycles. The predicted octanol–water partition coefficient (Wildman–Crippen LogP) is 3.59. The van der Waals surface area contributed by atoms with E-state index in [9.17, 15) is 9.18 Å². The fourth-order valence-corrected chi connectivity index (χ4v) is 1.93. The number of methoxy groups -OCH3 is 1. The van der Waals surface area contributed by atoms with Crippen LogP contribution in [0.3, 0.4) is 0 Å². The average Bonchev–Trinajstić information content (AvgIpc) is 2.53. The maximum absolute atomic E-state index is 13.1. The summed E-state index contributed by atoms with van der Waals surface area (Å²) in [5.74, 6) is 0.172. The van der Waals surface area contributed by atoms with E-state index in [0.29, 0.717) is 29.2 Å². The topological polar surface area (TPSA) is 44.8 Å². The Hall–Kier alpha value is -2.56. The van der Waals surface area contributed by atoms with E-state index in [-0.39, 0.29) is 12.4 Å². The Kier molecular flexibility index (Phi) is 5.36. The molecule has 0 aromatic heterocycles. The van der Waals surface area contributed by atoms with Gasteiger partial charge in [-0.15, -0.1) is 0 Å². The molecule has 0 saturated carbocycles. The van der Waals surface area contributed by atoms with Crippen LogP contribution in [0.15, 0.2) is 42.5 Å². The minimum atomic E-state index is -0.447. The fourth-order valence-electron chi connectivity index (χ4n) is 1.93. The van der Waals surface area contributed by atoms with Gasteiger partial charge in [0.1, 0.15) is 12.4 Å². The third-order valence-electron chi connectivity index (χ3n) is 2.95. The van der Waals surface area contributed by atoms with Crippen LogP contribution >= 0.6 is 0 Å². The van der Waals surface area contributed by atoms with E-state index >= 15 is 0 Å². The lowest BCUT2D eigenvalue weighted by molar-refractivity contribution is 0.0600. The second-order valence-electron chi connectivity index (χ2n) is 4.50. The Morgan fingerprint density at radius 3 is 2.59 bits per heavy atom. The highest BCUT2D eigenvalue weighted by atomic mass is 19.1. The van der Waals surface area contributed by atoms with Crippen molar-refractivity contribution in [2.24, 2.45) is 0 Å². The summed E-state index contributed by atoms with van der Waals surface area (Å²) in [6.45, 7) is 2.47. The quantitative estimate of drug-likeness (QED) is 0.765. The van der Waals surface area contributed by atoms with Gasteiger partial charge >= 0.3 is 5.97 Å². The van der Waals surface area contributed by atoms with E-state index in [1.54, 1.807) is 30.3 Å². The summed E-state index contributed by atoms with van der Waals surface area (Å²) in [6, 6.07) is 11.0. The molecule has 2 aromatic rings. The zero-order valence-electron chi connectivity index (χ0n) is 12.5. The van der Waals surface area contributed by atoms with Crippen molar-refractivity contribution in [2.45, 2.75) is 13.5 Å². The maximum Gasteiger partial charge on any atom is 0.337 e. The van der Waals surface area contributed by atoms with E-state index in [2.05, 4.69) is 4.74 Å². The summed E-state index contributed by atoms with van der Waals surface area (Å²) in [6.07, 6.45) is 0. The summed E-state index contributed by atoms with van der Waals surface area (Å²) in [5.41, 5.74) is 1.09. The number of rotatable bonds is 6. The van der Waals surface area contributed by atoms with Crippen LogP contribution in [0.25, 0.3) is 0 Å². The van der Waals surface area contributed by atoms with Gasteiger partial charge in [0.25, 0.3) is 0 Å². The summed E-state index contributed by atoms with van der Waals surface area (Å²) in [5, 5.41) is 0. The van der Waals surface area contributed by atoms with Crippen LogP contribution in [0.1, 0.15) is 22.8 Å². The van der Waals surface area contributed by atoms with Crippen molar-refractivity contribution in [2.75, 3.05) is 13.7 Å². The molecule has 22 heavy (non-hydrogen) atoms. The molecule has 0 aliphatic rings. The van der Waals surface area contributed by atoms with E-state index < -0.39 is 5.97 Å². The number of hydrogen-bond acceptors (Lipinski definition) is 4. The first-order chi connectivity index (χ1) is 10.6. The van der Waals surface area contributed by atoms with Crippen molar-refractivity contribution in [1.29, 1.82) is 0 Å². The normalized spacial score (nSPS) is 10.1. The third kappa shape index (κ3) is 3.97. The highest BCUT2D eigenvalue weighted by Gasteiger charge is 2.12. The number of hydrogen-bond donors (Lipinski definition) is 0. The molecule has 0 aliphatic carbocycles. The summed E-state index contributed by atoms with van der Waals surface area (Å²) in [7, 11) is 1.32. The first-order valence-corrected chi connectivity index (χ1v) is 6.86. The Morgan fingerprint density at radius 2 is 1.91 bits per heavy atom. The molecule has 0 N–H and O–H groups in total. The summed E-state index contributed by atoms with van der Waals surface area (Å²) >= 11 is 0. The first-order valence-electron chi connectivity index (χ1n) is 6.86. The van der Waals surface area contributed by atoms with Gasteiger partial charge in [-0.05, 0) is 42.8 Å². The molecule has 0 atom stereocenters. The van der Waals surface area contributed by atoms with E-state index in [4.69, 9.17) is 9.47 Å². The van der Waals surface area contributed by atoms with Gasteiger partial charge in [0.2, 0.25) is 0 Å². The van der Waals surface area contributed by atoms with Crippen LogP contribution in [0.5, 0.6) is 11.5 Å². The Morgan fingerprint density at radius 1 is 1.09 bits per heavy atom. The van der Waals surface area contributed by atoms with Crippen LogP contribution in [0.2, 0.25) is 0 Å². The highest BCUT2D eigenvalue weighted by molar-refractivity contribution is 5.90. The first kappa shape index (κ1) is 15.8. The van der Waals surface area contributed by atoms with Crippen LogP contribution in [-0.2, 0) is 11.3 Å². The van der Waals surface area contributed by atoms with Gasteiger partial charge in [-0.3, -0.25) is 0 Å². The van der Waals surface area contributed by atoms with Crippen molar-refractivity contribution < 1.29 is 23.4 Å². The Bertz CT molecular complexity index is 655. The molecule has 0 aliphatic heterocycles. The highest BCUT2D eigenvalue weighted by Crippen LogP contribution is 2.29. The van der Waals surface area contributed by atoms with E-state index in [1.807, 2.05) is 6.92 Å². The van der Waals surface area contributed by atoms with Crippen LogP contribution < -0.4 is 9.47 Å². The molecular formula is C17H17FO4. The van der Waals surface area contributed by atoms with Crippen LogP contribution in [-0.4, -0.2) is 19.7 Å². The molecule has 0 fully saturated rings. The van der Waals surface area contributed by atoms with Crippen molar-refractivity contribution in [3.63, 3.8) is 0 Å². The van der Waals surface area contributed by atoms with Gasteiger partial charge in [0.15, 0.2) is 11.5 Å². The predicted molar refractivity (Wildman–Crippen MR) is 79.7 cm³/mol. The lowest BCUT2D eigenvalue weighted by atomic mass is 10.2. The average molecular weight is 304 g/mol. The minimum absolute atomic E-state index is 0.204. The second kappa shape index (κ2) is 7.45. The number of carbonyl (C=O) groups is 1. The van der Waals surface area contributed by atoms with E-state index in [1.165, 1.54) is 19.2 Å². The van der Waals surface area contributed by atoms with Gasteiger partial charge in [-0.1, -0.05) is 12.1 Å². The van der Waals surface area contributed by atoms with Crippen molar-refractivity contribution in [3.05, 3.63) is 59.4 Å². The van der Waals surface area contributed by atoms with Gasteiger partial charge < -0.3 is 14.2 Å². The largest absolute Gasteiger partial charge is 0.490 e. The molecule has 116 valence electrons. The molecule has 0 saturated heterocycles. The molecule has 0 spiro atoms.